The SMILES string of the molecule is CCN1CCOC(CN2CCC(=NO)CC2)C1. The third-order valence-corrected chi connectivity index (χ3v) is 3.71. The number of hydrogen-bond donors (Lipinski definition) is 1. The number of nitrogens with zero attached hydrogens (tertiary/aromatic N) is 3. The molecule has 98 valence electrons. The Morgan fingerprint density at radius 2 is 2.06 bits per heavy atom. The first-order valence-electron chi connectivity index (χ1n) is 6.58. The Labute approximate surface area is 103 Å². The van der Waals surface area contributed by atoms with E-state index in [9.17, 15) is 0 Å². The monoisotopic (exact) mass is 241 g/mol. The fraction of sp³-hybridized carbons (Fsp3) is 0.917. The number of oxime groups is 1. The van der Waals surface area contributed by atoms with Gasteiger partial charge in [-0.3, -0.25) is 9.80 Å². The van der Waals surface area contributed by atoms with E-state index in [1.54, 1.807) is 0 Å². The topological polar surface area (TPSA) is 48.3 Å². The van der Waals surface area contributed by atoms with E-state index in [2.05, 4.69) is 21.9 Å². The fourth-order valence-corrected chi connectivity index (χ4v) is 2.56. The Morgan fingerprint density at radius 1 is 1.29 bits per heavy atom. The Hall–Kier alpha value is -0.650. The van der Waals surface area contributed by atoms with Crippen molar-refractivity contribution in [2.75, 3.05) is 45.9 Å². The van der Waals surface area contributed by atoms with Crippen molar-refractivity contribution >= 4 is 5.71 Å². The molecule has 1 atom stereocenters. The van der Waals surface area contributed by atoms with Gasteiger partial charge in [0.2, 0.25) is 0 Å². The van der Waals surface area contributed by atoms with Gasteiger partial charge in [-0.2, -0.15) is 0 Å². The van der Waals surface area contributed by atoms with Crippen LogP contribution < -0.4 is 0 Å². The zero-order valence-electron chi connectivity index (χ0n) is 10.6. The predicted molar refractivity (Wildman–Crippen MR) is 66.7 cm³/mol. The highest BCUT2D eigenvalue weighted by Gasteiger charge is 2.23. The number of hydrogen-bond acceptors (Lipinski definition) is 5. The van der Waals surface area contributed by atoms with Gasteiger partial charge in [0.25, 0.3) is 0 Å². The van der Waals surface area contributed by atoms with Crippen LogP contribution in [0.3, 0.4) is 0 Å². The van der Waals surface area contributed by atoms with Crippen LogP contribution in [0.1, 0.15) is 19.8 Å². The summed E-state index contributed by atoms with van der Waals surface area (Å²) in [6, 6.07) is 0. The summed E-state index contributed by atoms with van der Waals surface area (Å²) in [5.41, 5.74) is 0.931. The zero-order chi connectivity index (χ0) is 12.1. The molecule has 1 N–H and O–H groups in total. The molecule has 2 rings (SSSR count). The molecule has 0 aromatic rings. The lowest BCUT2D eigenvalue weighted by Gasteiger charge is -2.36. The van der Waals surface area contributed by atoms with Crippen LogP contribution in [-0.2, 0) is 4.74 Å². The minimum Gasteiger partial charge on any atom is -0.411 e. The van der Waals surface area contributed by atoms with Gasteiger partial charge < -0.3 is 9.94 Å². The number of ether oxygens (including phenoxy) is 1. The van der Waals surface area contributed by atoms with Crippen molar-refractivity contribution < 1.29 is 9.94 Å². The Morgan fingerprint density at radius 3 is 2.71 bits per heavy atom. The smallest absolute Gasteiger partial charge is 0.0829 e. The summed E-state index contributed by atoms with van der Waals surface area (Å²) in [5.74, 6) is 0. The fourth-order valence-electron chi connectivity index (χ4n) is 2.56. The van der Waals surface area contributed by atoms with Gasteiger partial charge in [-0.1, -0.05) is 12.1 Å². The summed E-state index contributed by atoms with van der Waals surface area (Å²) in [4.78, 5) is 4.86. The highest BCUT2D eigenvalue weighted by Crippen LogP contribution is 2.11. The second-order valence-electron chi connectivity index (χ2n) is 4.85. The zero-order valence-corrected chi connectivity index (χ0v) is 10.6. The van der Waals surface area contributed by atoms with Crippen LogP contribution in [0.2, 0.25) is 0 Å². The average Bonchev–Trinajstić information content (AvgIpc) is 2.40. The molecule has 0 aromatic heterocycles. The molecule has 1 unspecified atom stereocenters. The second-order valence-corrected chi connectivity index (χ2v) is 4.85. The molecule has 2 aliphatic rings. The lowest BCUT2D eigenvalue weighted by Crippen LogP contribution is -2.48. The van der Waals surface area contributed by atoms with Gasteiger partial charge in [0.1, 0.15) is 0 Å². The van der Waals surface area contributed by atoms with Crippen molar-refractivity contribution in [2.45, 2.75) is 25.9 Å². The first-order valence-corrected chi connectivity index (χ1v) is 6.58. The van der Waals surface area contributed by atoms with E-state index >= 15 is 0 Å². The summed E-state index contributed by atoms with van der Waals surface area (Å²) in [6.45, 7) is 9.28. The summed E-state index contributed by atoms with van der Waals surface area (Å²) >= 11 is 0. The van der Waals surface area contributed by atoms with Gasteiger partial charge in [0.15, 0.2) is 0 Å². The second kappa shape index (κ2) is 6.33. The largest absolute Gasteiger partial charge is 0.411 e. The van der Waals surface area contributed by atoms with E-state index in [0.29, 0.717) is 6.10 Å². The van der Waals surface area contributed by atoms with E-state index < -0.39 is 0 Å². The number of likely N-dealkylation sites (tertiary alicyclic amines) is 1. The molecule has 0 bridgehead atoms. The van der Waals surface area contributed by atoms with Gasteiger partial charge in [0, 0.05) is 45.6 Å². The van der Waals surface area contributed by atoms with Gasteiger partial charge in [0.05, 0.1) is 18.4 Å². The van der Waals surface area contributed by atoms with E-state index in [4.69, 9.17) is 9.94 Å². The molecule has 2 fully saturated rings. The molecule has 0 spiro atoms. The first kappa shape index (κ1) is 12.8. The van der Waals surface area contributed by atoms with Crippen LogP contribution >= 0.6 is 0 Å². The molecule has 17 heavy (non-hydrogen) atoms. The van der Waals surface area contributed by atoms with Gasteiger partial charge in [-0.25, -0.2) is 0 Å². The molecule has 0 aliphatic carbocycles. The Balaban J connectivity index is 1.74. The van der Waals surface area contributed by atoms with Crippen molar-refractivity contribution in [3.05, 3.63) is 0 Å². The molecule has 0 saturated carbocycles. The van der Waals surface area contributed by atoms with E-state index in [1.165, 1.54) is 0 Å². The van der Waals surface area contributed by atoms with Crippen molar-refractivity contribution in [2.24, 2.45) is 5.16 Å². The van der Waals surface area contributed by atoms with Crippen LogP contribution in [-0.4, -0.2) is 72.7 Å². The number of likely N-dealkylation sites (N-methyl/N-ethyl adjacent to an activating group) is 1. The molecule has 0 radical (unpaired) electrons. The van der Waals surface area contributed by atoms with Crippen LogP contribution in [0.4, 0.5) is 0 Å². The predicted octanol–water partition coefficient (Wildman–Crippen LogP) is 0.633. The maximum absolute atomic E-state index is 8.70. The maximum Gasteiger partial charge on any atom is 0.0829 e. The molecule has 2 heterocycles. The highest BCUT2D eigenvalue weighted by molar-refractivity contribution is 5.84. The van der Waals surface area contributed by atoms with Crippen molar-refractivity contribution in [1.29, 1.82) is 0 Å². The van der Waals surface area contributed by atoms with E-state index in [0.717, 1.165) is 64.4 Å². The van der Waals surface area contributed by atoms with Crippen LogP contribution in [0.5, 0.6) is 0 Å². The molecule has 2 saturated heterocycles. The third kappa shape index (κ3) is 3.66. The van der Waals surface area contributed by atoms with Crippen molar-refractivity contribution in [3.63, 3.8) is 0 Å². The molecule has 0 amide bonds. The minimum absolute atomic E-state index is 0.344. The minimum atomic E-state index is 0.344. The number of piperidine rings is 1. The van der Waals surface area contributed by atoms with E-state index in [-0.39, 0.29) is 0 Å². The van der Waals surface area contributed by atoms with Gasteiger partial charge in [-0.15, -0.1) is 0 Å². The molecular formula is C12H23N3O2. The van der Waals surface area contributed by atoms with Crippen LogP contribution in [0.25, 0.3) is 0 Å². The van der Waals surface area contributed by atoms with Crippen LogP contribution in [0, 0.1) is 0 Å². The first-order chi connectivity index (χ1) is 8.31. The van der Waals surface area contributed by atoms with Gasteiger partial charge in [-0.05, 0) is 6.54 Å². The highest BCUT2D eigenvalue weighted by atomic mass is 16.5. The Bertz CT molecular complexity index is 260. The van der Waals surface area contributed by atoms with E-state index in [1.807, 2.05) is 0 Å². The third-order valence-electron chi connectivity index (χ3n) is 3.71. The maximum atomic E-state index is 8.70. The van der Waals surface area contributed by atoms with Crippen LogP contribution in [0.15, 0.2) is 5.16 Å². The Kier molecular flexibility index (Phi) is 4.76. The van der Waals surface area contributed by atoms with Gasteiger partial charge >= 0.3 is 0 Å². The molecule has 5 nitrogen and oxygen atoms in total. The standard InChI is InChI=1S/C12H23N3O2/c1-2-14-7-8-17-12(9-14)10-15-5-3-11(13-16)4-6-15/h12,16H,2-10H2,1H3. The lowest BCUT2D eigenvalue weighted by molar-refractivity contribution is -0.0419. The quantitative estimate of drug-likeness (QED) is 0.582. The normalized spacial score (nSPS) is 28.3. The van der Waals surface area contributed by atoms with Crippen molar-refractivity contribution in [1.82, 2.24) is 9.80 Å². The lowest BCUT2D eigenvalue weighted by atomic mass is 10.1. The summed E-state index contributed by atoms with van der Waals surface area (Å²) in [7, 11) is 0. The summed E-state index contributed by atoms with van der Waals surface area (Å²) in [6.07, 6.45) is 2.12. The summed E-state index contributed by atoms with van der Waals surface area (Å²) < 4.78 is 5.80. The number of morpholine rings is 1. The average molecular weight is 241 g/mol. The molecule has 2 aliphatic heterocycles. The molecule has 0 aromatic carbocycles. The summed E-state index contributed by atoms with van der Waals surface area (Å²) in [5, 5.41) is 12.0. The number of rotatable bonds is 3. The molecule has 5 heteroatoms. The van der Waals surface area contributed by atoms with Crippen molar-refractivity contribution in [3.8, 4) is 0 Å². The molecular weight excluding hydrogens is 218 g/mol.